The zero-order valence-corrected chi connectivity index (χ0v) is 13.8. The van der Waals surface area contributed by atoms with Crippen molar-refractivity contribution in [2.45, 2.75) is 19.2 Å². The number of carboxylic acids is 1. The Bertz CT molecular complexity index is 496. The van der Waals surface area contributed by atoms with Gasteiger partial charge in [0, 0.05) is 5.57 Å². The van der Waals surface area contributed by atoms with Crippen LogP contribution in [0, 0.1) is 5.92 Å². The van der Waals surface area contributed by atoms with Gasteiger partial charge in [0.25, 0.3) is 5.91 Å². The van der Waals surface area contributed by atoms with Crippen molar-refractivity contribution < 1.29 is 57.2 Å². The van der Waals surface area contributed by atoms with Crippen molar-refractivity contribution in [2.75, 3.05) is 0 Å². The predicted molar refractivity (Wildman–Crippen MR) is 62.4 cm³/mol. The van der Waals surface area contributed by atoms with Crippen LogP contribution in [-0.2, 0) is 19.7 Å². The van der Waals surface area contributed by atoms with Crippen LogP contribution in [0.25, 0.3) is 0 Å². The largest absolute Gasteiger partial charge is 1.00 e. The van der Waals surface area contributed by atoms with E-state index in [1.165, 1.54) is 13.8 Å². The van der Waals surface area contributed by atoms with Crippen LogP contribution < -0.4 is 34.9 Å². The third-order valence-electron chi connectivity index (χ3n) is 2.09. The number of carbonyl (C=O) groups is 2. The molecule has 0 aromatic rings. The van der Waals surface area contributed by atoms with E-state index in [0.717, 1.165) is 0 Å². The van der Waals surface area contributed by atoms with Gasteiger partial charge in [-0.05, 0) is 5.92 Å². The summed E-state index contributed by atoms with van der Waals surface area (Å²) in [6.45, 7) is 9.13. The van der Waals surface area contributed by atoms with Crippen LogP contribution in [0.15, 0.2) is 24.3 Å². The first-order valence-corrected chi connectivity index (χ1v) is 6.32. The van der Waals surface area contributed by atoms with Crippen LogP contribution in [0.2, 0.25) is 0 Å². The minimum Gasteiger partial charge on any atom is -0.746 e. The summed E-state index contributed by atoms with van der Waals surface area (Å²) < 4.78 is 32.7. The molecule has 0 aromatic heterocycles. The maximum Gasteiger partial charge on any atom is 1.00 e. The van der Waals surface area contributed by atoms with Crippen molar-refractivity contribution >= 4 is 22.0 Å². The molecule has 0 bridgehead atoms. The molecule has 19 heavy (non-hydrogen) atoms. The van der Waals surface area contributed by atoms with Gasteiger partial charge in [-0.15, -0.1) is 0 Å². The van der Waals surface area contributed by atoms with Crippen molar-refractivity contribution in [2.24, 2.45) is 5.92 Å². The monoisotopic (exact) mass is 299 g/mol. The van der Waals surface area contributed by atoms with Gasteiger partial charge in [-0.2, -0.15) is 0 Å². The second-order valence-corrected chi connectivity index (χ2v) is 5.39. The molecule has 0 aliphatic rings. The summed E-state index contributed by atoms with van der Waals surface area (Å²) in [6, 6.07) is 0. The SMILES string of the molecule is C=C(C(=C)C(=O)NC(C(C)C)S(=O)(=O)[O-])C(=O)O.[Na+]. The van der Waals surface area contributed by atoms with E-state index in [0.29, 0.717) is 0 Å². The molecule has 0 aromatic carbocycles. The summed E-state index contributed by atoms with van der Waals surface area (Å²) in [4.78, 5) is 22.1. The molecule has 0 radical (unpaired) electrons. The Labute approximate surface area is 133 Å². The van der Waals surface area contributed by atoms with Gasteiger partial charge in [-0.1, -0.05) is 27.0 Å². The van der Waals surface area contributed by atoms with Crippen LogP contribution in [0.3, 0.4) is 0 Å². The van der Waals surface area contributed by atoms with Gasteiger partial charge in [0.05, 0.1) is 5.57 Å². The van der Waals surface area contributed by atoms with Crippen molar-refractivity contribution in [3.63, 3.8) is 0 Å². The van der Waals surface area contributed by atoms with E-state index in [9.17, 15) is 22.6 Å². The van der Waals surface area contributed by atoms with Crippen LogP contribution in [-0.4, -0.2) is 35.3 Å². The molecule has 0 spiro atoms. The second-order valence-electron chi connectivity index (χ2n) is 3.89. The fraction of sp³-hybridized carbons (Fsp3) is 0.400. The van der Waals surface area contributed by atoms with Crippen LogP contribution in [0.1, 0.15) is 13.8 Å². The van der Waals surface area contributed by atoms with Gasteiger partial charge in [0.15, 0.2) is 0 Å². The molecule has 9 heteroatoms. The summed E-state index contributed by atoms with van der Waals surface area (Å²) in [5.41, 5.74) is -1.07. The molecular formula is C10H14NNaO6S. The second kappa shape index (κ2) is 7.81. The fourth-order valence-corrected chi connectivity index (χ4v) is 1.97. The summed E-state index contributed by atoms with van der Waals surface area (Å²) >= 11 is 0. The average Bonchev–Trinajstić information content (AvgIpc) is 2.20. The maximum absolute atomic E-state index is 11.5. The Balaban J connectivity index is 0. The van der Waals surface area contributed by atoms with E-state index in [-0.39, 0.29) is 29.6 Å². The number of amides is 1. The predicted octanol–water partition coefficient (Wildman–Crippen LogP) is -3.17. The van der Waals surface area contributed by atoms with Crippen LogP contribution in [0.4, 0.5) is 0 Å². The number of hydrogen-bond donors (Lipinski definition) is 2. The normalized spacial score (nSPS) is 12.2. The smallest absolute Gasteiger partial charge is 0.746 e. The molecule has 102 valence electrons. The fourth-order valence-electron chi connectivity index (χ4n) is 1.05. The van der Waals surface area contributed by atoms with Gasteiger partial charge in [0.1, 0.15) is 15.5 Å². The van der Waals surface area contributed by atoms with Crippen LogP contribution >= 0.6 is 0 Å². The molecule has 0 aliphatic carbocycles. The zero-order valence-electron chi connectivity index (χ0n) is 11.0. The number of hydrogen-bond acceptors (Lipinski definition) is 5. The maximum atomic E-state index is 11.5. The Morgan fingerprint density at radius 1 is 1.21 bits per heavy atom. The summed E-state index contributed by atoms with van der Waals surface area (Å²) in [5, 5.41) is 8.86. The third-order valence-corrected chi connectivity index (χ3v) is 3.37. The van der Waals surface area contributed by atoms with E-state index in [4.69, 9.17) is 5.11 Å². The van der Waals surface area contributed by atoms with E-state index in [1.807, 2.05) is 5.32 Å². The Kier molecular flexibility index (Phi) is 8.48. The Hall–Kier alpha value is -0.670. The minimum atomic E-state index is -4.74. The number of carboxylic acid groups (broad SMARTS) is 1. The summed E-state index contributed by atoms with van der Waals surface area (Å²) in [5.74, 6) is -3.18. The molecule has 2 N–H and O–H groups in total. The molecule has 0 saturated carbocycles. The molecule has 0 fully saturated rings. The number of aliphatic carboxylic acids is 1. The molecule has 7 nitrogen and oxygen atoms in total. The van der Waals surface area contributed by atoms with Crippen molar-refractivity contribution in [3.05, 3.63) is 24.3 Å². The van der Waals surface area contributed by atoms with Crippen LogP contribution in [0.5, 0.6) is 0 Å². The first-order chi connectivity index (χ1) is 7.98. The first kappa shape index (κ1) is 20.6. The van der Waals surface area contributed by atoms with E-state index >= 15 is 0 Å². The van der Waals surface area contributed by atoms with E-state index < -0.39 is 44.4 Å². The third kappa shape index (κ3) is 6.35. The number of rotatable bonds is 6. The van der Waals surface area contributed by atoms with E-state index in [1.54, 1.807) is 0 Å². The molecule has 0 rings (SSSR count). The van der Waals surface area contributed by atoms with Gasteiger partial charge in [-0.25, -0.2) is 13.2 Å². The Morgan fingerprint density at radius 3 is 1.89 bits per heavy atom. The van der Waals surface area contributed by atoms with Gasteiger partial charge in [0.2, 0.25) is 0 Å². The number of carbonyl (C=O) groups excluding carboxylic acids is 1. The molecule has 0 aliphatic heterocycles. The minimum absolute atomic E-state index is 0. The molecular weight excluding hydrogens is 285 g/mol. The number of nitrogens with one attached hydrogen (secondary N) is 1. The summed E-state index contributed by atoms with van der Waals surface area (Å²) in [7, 11) is -4.74. The van der Waals surface area contributed by atoms with Gasteiger partial charge in [-0.3, -0.25) is 4.79 Å². The molecule has 1 unspecified atom stereocenters. The van der Waals surface area contributed by atoms with Crippen molar-refractivity contribution in [1.82, 2.24) is 5.32 Å². The molecule has 0 heterocycles. The van der Waals surface area contributed by atoms with E-state index in [2.05, 4.69) is 13.2 Å². The van der Waals surface area contributed by atoms with Gasteiger partial charge >= 0.3 is 35.5 Å². The average molecular weight is 299 g/mol. The first-order valence-electron chi connectivity index (χ1n) is 4.85. The molecule has 1 amide bonds. The topological polar surface area (TPSA) is 124 Å². The van der Waals surface area contributed by atoms with Crippen molar-refractivity contribution in [3.8, 4) is 0 Å². The quantitative estimate of drug-likeness (QED) is 0.231. The Morgan fingerprint density at radius 2 is 1.63 bits per heavy atom. The van der Waals surface area contributed by atoms with Crippen molar-refractivity contribution in [1.29, 1.82) is 0 Å². The van der Waals surface area contributed by atoms with Gasteiger partial charge < -0.3 is 15.0 Å². The molecule has 0 saturated heterocycles. The zero-order chi connectivity index (χ0) is 14.7. The standard InChI is InChI=1S/C10H15NO6S.Na/c1-5(2)9(18(15,16)17)11-8(12)6(3)7(4)10(13)14;/h5,9H,3-4H2,1-2H3,(H,11,12)(H,13,14)(H,15,16,17);/q;+1/p-1. The molecule has 1 atom stereocenters. The summed E-state index contributed by atoms with van der Waals surface area (Å²) in [6.07, 6.45) is 0.